The molecule has 0 amide bonds. The van der Waals surface area contributed by atoms with Gasteiger partial charge in [0.25, 0.3) is 0 Å². The smallest absolute Gasteiger partial charge is 0.227 e. The van der Waals surface area contributed by atoms with Gasteiger partial charge in [-0.05, 0) is 19.8 Å². The van der Waals surface area contributed by atoms with Crippen molar-refractivity contribution in [2.45, 2.75) is 33.6 Å². The van der Waals surface area contributed by atoms with Crippen LogP contribution < -0.4 is 10.6 Å². The molecule has 5 heteroatoms. The Hall–Kier alpha value is -1.39. The monoisotopic (exact) mass is 209 g/mol. The molecule has 0 saturated carbocycles. The first-order chi connectivity index (χ1) is 7.26. The standard InChI is InChI=1S/C10H19N5/c1-4-6-11-9-13-8(3)14-10(15-9)12-7-5-2/h4-7H2,1-3H3,(H2,11,12,13,14,15). The molecule has 0 bridgehead atoms. The lowest BCUT2D eigenvalue weighted by atomic mass is 10.5. The van der Waals surface area contributed by atoms with Crippen LogP contribution in [-0.2, 0) is 0 Å². The fraction of sp³-hybridized carbons (Fsp3) is 0.700. The van der Waals surface area contributed by atoms with E-state index in [9.17, 15) is 0 Å². The van der Waals surface area contributed by atoms with Crippen molar-refractivity contribution in [1.82, 2.24) is 15.0 Å². The van der Waals surface area contributed by atoms with Crippen LogP contribution in [0.25, 0.3) is 0 Å². The number of aromatic nitrogens is 3. The van der Waals surface area contributed by atoms with Gasteiger partial charge in [-0.2, -0.15) is 15.0 Å². The molecule has 0 saturated heterocycles. The Balaban J connectivity index is 2.66. The van der Waals surface area contributed by atoms with Gasteiger partial charge in [-0.1, -0.05) is 13.8 Å². The van der Waals surface area contributed by atoms with Crippen molar-refractivity contribution in [3.8, 4) is 0 Å². The van der Waals surface area contributed by atoms with E-state index >= 15 is 0 Å². The molecule has 0 atom stereocenters. The first-order valence-corrected chi connectivity index (χ1v) is 5.46. The van der Waals surface area contributed by atoms with Crippen molar-refractivity contribution in [1.29, 1.82) is 0 Å². The molecule has 15 heavy (non-hydrogen) atoms. The summed E-state index contributed by atoms with van der Waals surface area (Å²) >= 11 is 0. The van der Waals surface area contributed by atoms with Crippen LogP contribution in [0.3, 0.4) is 0 Å². The maximum absolute atomic E-state index is 4.26. The van der Waals surface area contributed by atoms with Gasteiger partial charge < -0.3 is 10.6 Å². The van der Waals surface area contributed by atoms with E-state index < -0.39 is 0 Å². The van der Waals surface area contributed by atoms with Crippen LogP contribution >= 0.6 is 0 Å². The molecule has 0 aliphatic carbocycles. The zero-order valence-corrected chi connectivity index (χ0v) is 9.67. The predicted octanol–water partition coefficient (Wildman–Crippen LogP) is 1.82. The van der Waals surface area contributed by atoms with Crippen LogP contribution in [0.2, 0.25) is 0 Å². The normalized spacial score (nSPS) is 10.1. The van der Waals surface area contributed by atoms with Crippen molar-refractivity contribution in [3.63, 3.8) is 0 Å². The second-order valence-corrected chi connectivity index (χ2v) is 3.38. The highest BCUT2D eigenvalue weighted by molar-refractivity contribution is 5.34. The SMILES string of the molecule is CCCNc1nc(C)nc(NCCC)n1. The number of aryl methyl sites for hydroxylation is 1. The average Bonchev–Trinajstić information content (AvgIpc) is 2.23. The van der Waals surface area contributed by atoms with E-state index in [-0.39, 0.29) is 0 Å². The van der Waals surface area contributed by atoms with E-state index in [0.717, 1.165) is 31.8 Å². The Morgan fingerprint density at radius 3 is 1.73 bits per heavy atom. The molecule has 0 spiro atoms. The van der Waals surface area contributed by atoms with Crippen LogP contribution in [0, 0.1) is 6.92 Å². The number of anilines is 2. The third kappa shape index (κ3) is 4.10. The quantitative estimate of drug-likeness (QED) is 0.748. The summed E-state index contributed by atoms with van der Waals surface area (Å²) < 4.78 is 0. The topological polar surface area (TPSA) is 62.7 Å². The van der Waals surface area contributed by atoms with Gasteiger partial charge in [0.05, 0.1) is 0 Å². The Morgan fingerprint density at radius 2 is 1.33 bits per heavy atom. The Bertz CT molecular complexity index is 274. The summed E-state index contributed by atoms with van der Waals surface area (Å²) in [6, 6.07) is 0. The summed E-state index contributed by atoms with van der Waals surface area (Å²) in [6.07, 6.45) is 2.12. The van der Waals surface area contributed by atoms with Gasteiger partial charge in [-0.15, -0.1) is 0 Å². The maximum atomic E-state index is 4.26. The van der Waals surface area contributed by atoms with Gasteiger partial charge in [0, 0.05) is 13.1 Å². The second kappa shape index (κ2) is 6.16. The van der Waals surface area contributed by atoms with Crippen molar-refractivity contribution in [3.05, 3.63) is 5.82 Å². The van der Waals surface area contributed by atoms with E-state index in [1.165, 1.54) is 0 Å². The summed E-state index contributed by atoms with van der Waals surface area (Å²) in [6.45, 7) is 7.86. The van der Waals surface area contributed by atoms with Crippen LogP contribution in [-0.4, -0.2) is 28.0 Å². The molecule has 84 valence electrons. The largest absolute Gasteiger partial charge is 0.354 e. The van der Waals surface area contributed by atoms with Crippen LogP contribution in [0.15, 0.2) is 0 Å². The van der Waals surface area contributed by atoms with Crippen LogP contribution in [0.1, 0.15) is 32.5 Å². The van der Waals surface area contributed by atoms with Crippen molar-refractivity contribution < 1.29 is 0 Å². The molecule has 0 aliphatic rings. The molecule has 1 aromatic rings. The van der Waals surface area contributed by atoms with Gasteiger partial charge in [0.2, 0.25) is 11.9 Å². The summed E-state index contributed by atoms with van der Waals surface area (Å²) in [7, 11) is 0. The van der Waals surface area contributed by atoms with Gasteiger partial charge in [-0.25, -0.2) is 0 Å². The minimum absolute atomic E-state index is 0.656. The third-order valence-corrected chi connectivity index (χ3v) is 1.81. The third-order valence-electron chi connectivity index (χ3n) is 1.81. The lowest BCUT2D eigenvalue weighted by Gasteiger charge is -2.07. The lowest BCUT2D eigenvalue weighted by Crippen LogP contribution is -2.11. The molecule has 0 aromatic carbocycles. The first-order valence-electron chi connectivity index (χ1n) is 5.46. The Kier molecular flexibility index (Phi) is 4.80. The first kappa shape index (κ1) is 11.7. The van der Waals surface area contributed by atoms with Gasteiger partial charge in [-0.3, -0.25) is 0 Å². The lowest BCUT2D eigenvalue weighted by molar-refractivity contribution is 0.897. The van der Waals surface area contributed by atoms with Crippen molar-refractivity contribution >= 4 is 11.9 Å². The zero-order valence-electron chi connectivity index (χ0n) is 9.67. The molecule has 1 aromatic heterocycles. The van der Waals surface area contributed by atoms with Gasteiger partial charge in [0.15, 0.2) is 0 Å². The highest BCUT2D eigenvalue weighted by atomic mass is 15.2. The molecular weight excluding hydrogens is 190 g/mol. The molecule has 2 N–H and O–H groups in total. The fourth-order valence-electron chi connectivity index (χ4n) is 1.11. The Morgan fingerprint density at radius 1 is 0.867 bits per heavy atom. The predicted molar refractivity (Wildman–Crippen MR) is 62.1 cm³/mol. The number of nitrogens with zero attached hydrogens (tertiary/aromatic N) is 3. The molecule has 0 radical (unpaired) electrons. The molecule has 0 aliphatic heterocycles. The molecule has 5 nitrogen and oxygen atoms in total. The van der Waals surface area contributed by atoms with Crippen LogP contribution in [0.5, 0.6) is 0 Å². The van der Waals surface area contributed by atoms with Gasteiger partial charge in [0.1, 0.15) is 5.82 Å². The molecule has 1 rings (SSSR count). The van der Waals surface area contributed by atoms with Crippen molar-refractivity contribution in [2.75, 3.05) is 23.7 Å². The minimum Gasteiger partial charge on any atom is -0.354 e. The molecule has 0 unspecified atom stereocenters. The fourth-order valence-corrected chi connectivity index (χ4v) is 1.11. The number of hydrogen-bond acceptors (Lipinski definition) is 5. The van der Waals surface area contributed by atoms with E-state index in [1.54, 1.807) is 0 Å². The minimum atomic E-state index is 0.656. The summed E-state index contributed by atoms with van der Waals surface area (Å²) in [5.41, 5.74) is 0. The summed E-state index contributed by atoms with van der Waals surface area (Å²) in [5, 5.41) is 6.30. The number of nitrogens with one attached hydrogen (secondary N) is 2. The Labute approximate surface area is 90.7 Å². The molecular formula is C10H19N5. The second-order valence-electron chi connectivity index (χ2n) is 3.38. The van der Waals surface area contributed by atoms with E-state index in [2.05, 4.69) is 39.4 Å². The molecule has 0 fully saturated rings. The average molecular weight is 209 g/mol. The summed E-state index contributed by atoms with van der Waals surface area (Å²) in [5.74, 6) is 2.05. The number of hydrogen-bond donors (Lipinski definition) is 2. The highest BCUT2D eigenvalue weighted by Gasteiger charge is 2.01. The van der Waals surface area contributed by atoms with E-state index in [1.807, 2.05) is 6.92 Å². The van der Waals surface area contributed by atoms with E-state index in [4.69, 9.17) is 0 Å². The maximum Gasteiger partial charge on any atom is 0.227 e. The van der Waals surface area contributed by atoms with E-state index in [0.29, 0.717) is 11.9 Å². The zero-order chi connectivity index (χ0) is 11.1. The number of rotatable bonds is 6. The summed E-state index contributed by atoms with van der Waals surface area (Å²) in [4.78, 5) is 12.7. The van der Waals surface area contributed by atoms with Gasteiger partial charge >= 0.3 is 0 Å². The highest BCUT2D eigenvalue weighted by Crippen LogP contribution is 2.04. The molecule has 1 heterocycles. The van der Waals surface area contributed by atoms with Crippen molar-refractivity contribution in [2.24, 2.45) is 0 Å². The van der Waals surface area contributed by atoms with Crippen LogP contribution in [0.4, 0.5) is 11.9 Å².